The van der Waals surface area contributed by atoms with Gasteiger partial charge < -0.3 is 15.2 Å². The zero-order chi connectivity index (χ0) is 18.2. The number of rotatable bonds is 8. The van der Waals surface area contributed by atoms with Crippen LogP contribution in [0.15, 0.2) is 72.8 Å². The molecule has 0 fully saturated rings. The SMILES string of the molecule is NCCc1cc(OCc2ccccc2)c(OCc2ccccc2)cc1Cl. The first-order chi connectivity index (χ1) is 12.8. The highest BCUT2D eigenvalue weighted by molar-refractivity contribution is 6.31. The lowest BCUT2D eigenvalue weighted by molar-refractivity contribution is 0.255. The van der Waals surface area contributed by atoms with E-state index in [0.29, 0.717) is 42.7 Å². The van der Waals surface area contributed by atoms with E-state index in [1.54, 1.807) is 0 Å². The molecule has 0 atom stereocenters. The summed E-state index contributed by atoms with van der Waals surface area (Å²) >= 11 is 6.39. The lowest BCUT2D eigenvalue weighted by atomic mass is 10.1. The molecule has 3 nitrogen and oxygen atoms in total. The highest BCUT2D eigenvalue weighted by atomic mass is 35.5. The van der Waals surface area contributed by atoms with Crippen LogP contribution < -0.4 is 15.2 Å². The Kier molecular flexibility index (Phi) is 6.53. The molecule has 134 valence electrons. The number of benzene rings is 3. The Balaban J connectivity index is 1.79. The minimum absolute atomic E-state index is 0.453. The fourth-order valence-corrected chi connectivity index (χ4v) is 2.87. The maximum absolute atomic E-state index is 6.39. The van der Waals surface area contributed by atoms with Crippen LogP contribution in [0, 0.1) is 0 Å². The maximum Gasteiger partial charge on any atom is 0.163 e. The van der Waals surface area contributed by atoms with Crippen molar-refractivity contribution in [1.82, 2.24) is 0 Å². The van der Waals surface area contributed by atoms with Crippen molar-refractivity contribution in [3.8, 4) is 11.5 Å². The predicted octanol–water partition coefficient (Wildman–Crippen LogP) is 5.00. The number of ether oxygens (including phenoxy) is 2. The fraction of sp³-hybridized carbons (Fsp3) is 0.182. The summed E-state index contributed by atoms with van der Waals surface area (Å²) in [7, 11) is 0. The zero-order valence-electron chi connectivity index (χ0n) is 14.5. The third kappa shape index (κ3) is 5.01. The summed E-state index contributed by atoms with van der Waals surface area (Å²) in [4.78, 5) is 0. The molecule has 0 heterocycles. The van der Waals surface area contributed by atoms with Gasteiger partial charge in [0.2, 0.25) is 0 Å². The Morgan fingerprint density at radius 3 is 1.73 bits per heavy atom. The van der Waals surface area contributed by atoms with Crippen molar-refractivity contribution in [3.63, 3.8) is 0 Å². The molecule has 0 aliphatic heterocycles. The van der Waals surface area contributed by atoms with Crippen LogP contribution in [0.3, 0.4) is 0 Å². The highest BCUT2D eigenvalue weighted by Crippen LogP contribution is 2.35. The van der Waals surface area contributed by atoms with Crippen LogP contribution in [0.4, 0.5) is 0 Å². The van der Waals surface area contributed by atoms with Gasteiger partial charge in [-0.2, -0.15) is 0 Å². The molecule has 26 heavy (non-hydrogen) atoms. The van der Waals surface area contributed by atoms with E-state index < -0.39 is 0 Å². The Bertz CT molecular complexity index is 822. The van der Waals surface area contributed by atoms with Gasteiger partial charge in [0, 0.05) is 11.1 Å². The number of halogens is 1. The molecular formula is C22H22ClNO2. The Morgan fingerprint density at radius 2 is 1.23 bits per heavy atom. The quantitative estimate of drug-likeness (QED) is 0.609. The van der Waals surface area contributed by atoms with Gasteiger partial charge in [0.05, 0.1) is 0 Å². The minimum Gasteiger partial charge on any atom is -0.485 e. The smallest absolute Gasteiger partial charge is 0.163 e. The molecular weight excluding hydrogens is 346 g/mol. The van der Waals surface area contributed by atoms with E-state index >= 15 is 0 Å². The van der Waals surface area contributed by atoms with Crippen molar-refractivity contribution in [1.29, 1.82) is 0 Å². The van der Waals surface area contributed by atoms with Crippen molar-refractivity contribution in [2.24, 2.45) is 5.73 Å². The van der Waals surface area contributed by atoms with Gasteiger partial charge >= 0.3 is 0 Å². The van der Waals surface area contributed by atoms with Gasteiger partial charge in [-0.25, -0.2) is 0 Å². The van der Waals surface area contributed by atoms with Gasteiger partial charge in [0.25, 0.3) is 0 Å². The minimum atomic E-state index is 0.453. The van der Waals surface area contributed by atoms with Crippen molar-refractivity contribution < 1.29 is 9.47 Å². The van der Waals surface area contributed by atoms with Gasteiger partial charge in [0.15, 0.2) is 11.5 Å². The topological polar surface area (TPSA) is 44.5 Å². The summed E-state index contributed by atoms with van der Waals surface area (Å²) in [6.07, 6.45) is 0.694. The second kappa shape index (κ2) is 9.27. The molecule has 2 N–H and O–H groups in total. The molecule has 3 aromatic rings. The average molecular weight is 368 g/mol. The first kappa shape index (κ1) is 18.3. The summed E-state index contributed by atoms with van der Waals surface area (Å²) in [5.41, 5.74) is 8.83. The van der Waals surface area contributed by atoms with Gasteiger partial charge in [-0.05, 0) is 35.7 Å². The van der Waals surface area contributed by atoms with Gasteiger partial charge in [-0.1, -0.05) is 72.3 Å². The molecule has 3 aromatic carbocycles. The highest BCUT2D eigenvalue weighted by Gasteiger charge is 2.12. The Morgan fingerprint density at radius 1 is 0.731 bits per heavy atom. The molecule has 0 saturated carbocycles. The molecule has 0 aromatic heterocycles. The molecule has 3 rings (SSSR count). The van der Waals surface area contributed by atoms with E-state index in [1.165, 1.54) is 0 Å². The Hall–Kier alpha value is -2.49. The van der Waals surface area contributed by atoms with Gasteiger partial charge in [-0.3, -0.25) is 0 Å². The van der Waals surface area contributed by atoms with Crippen molar-refractivity contribution in [3.05, 3.63) is 94.5 Å². The average Bonchev–Trinajstić information content (AvgIpc) is 2.69. The molecule has 0 bridgehead atoms. The molecule has 0 aliphatic carbocycles. The number of hydrogen-bond donors (Lipinski definition) is 1. The maximum atomic E-state index is 6.39. The standard InChI is InChI=1S/C22H22ClNO2/c23-20-14-22(26-16-18-9-5-2-6-10-18)21(13-19(20)11-12-24)25-15-17-7-3-1-4-8-17/h1-10,13-14H,11-12,15-16,24H2. The monoisotopic (exact) mass is 367 g/mol. The van der Waals surface area contributed by atoms with E-state index in [4.69, 9.17) is 26.8 Å². The van der Waals surface area contributed by atoms with E-state index in [1.807, 2.05) is 72.8 Å². The third-order valence-corrected chi connectivity index (χ3v) is 4.35. The van der Waals surface area contributed by atoms with Crippen LogP contribution in [-0.2, 0) is 19.6 Å². The third-order valence-electron chi connectivity index (χ3n) is 4.00. The first-order valence-electron chi connectivity index (χ1n) is 8.62. The van der Waals surface area contributed by atoms with Gasteiger partial charge in [-0.15, -0.1) is 0 Å². The molecule has 0 unspecified atom stereocenters. The zero-order valence-corrected chi connectivity index (χ0v) is 15.3. The number of nitrogens with two attached hydrogens (primary N) is 1. The molecule has 0 spiro atoms. The van der Waals surface area contributed by atoms with Crippen LogP contribution in [0.25, 0.3) is 0 Å². The molecule has 0 aliphatic rings. The van der Waals surface area contributed by atoms with Crippen LogP contribution in [0.5, 0.6) is 11.5 Å². The fourth-order valence-electron chi connectivity index (χ4n) is 2.62. The Labute approximate surface area is 159 Å². The molecule has 0 radical (unpaired) electrons. The van der Waals surface area contributed by atoms with E-state index in [2.05, 4.69) is 0 Å². The summed E-state index contributed by atoms with van der Waals surface area (Å²) in [5.74, 6) is 1.31. The largest absolute Gasteiger partial charge is 0.485 e. The van der Waals surface area contributed by atoms with Crippen LogP contribution >= 0.6 is 11.6 Å². The van der Waals surface area contributed by atoms with E-state index in [-0.39, 0.29) is 0 Å². The normalized spacial score (nSPS) is 10.5. The molecule has 0 saturated heterocycles. The first-order valence-corrected chi connectivity index (χ1v) is 9.00. The lowest BCUT2D eigenvalue weighted by Crippen LogP contribution is -2.05. The van der Waals surface area contributed by atoms with Crippen LogP contribution in [0.1, 0.15) is 16.7 Å². The predicted molar refractivity (Wildman–Crippen MR) is 106 cm³/mol. The number of hydrogen-bond acceptors (Lipinski definition) is 3. The van der Waals surface area contributed by atoms with E-state index in [9.17, 15) is 0 Å². The molecule has 0 amide bonds. The molecule has 4 heteroatoms. The second-order valence-corrected chi connectivity index (χ2v) is 6.38. The lowest BCUT2D eigenvalue weighted by Gasteiger charge is -2.16. The summed E-state index contributed by atoms with van der Waals surface area (Å²) in [6, 6.07) is 23.8. The van der Waals surface area contributed by atoms with Crippen molar-refractivity contribution in [2.45, 2.75) is 19.6 Å². The summed E-state index contributed by atoms with van der Waals surface area (Å²) in [6.45, 7) is 1.45. The van der Waals surface area contributed by atoms with Crippen molar-refractivity contribution in [2.75, 3.05) is 6.54 Å². The van der Waals surface area contributed by atoms with Crippen LogP contribution in [0.2, 0.25) is 5.02 Å². The van der Waals surface area contributed by atoms with E-state index in [0.717, 1.165) is 16.7 Å². The summed E-state index contributed by atoms with van der Waals surface area (Å²) in [5, 5.41) is 0.644. The summed E-state index contributed by atoms with van der Waals surface area (Å²) < 4.78 is 12.0. The second-order valence-electron chi connectivity index (χ2n) is 5.98. The van der Waals surface area contributed by atoms with Crippen LogP contribution in [-0.4, -0.2) is 6.54 Å². The van der Waals surface area contributed by atoms with Gasteiger partial charge in [0.1, 0.15) is 13.2 Å². The van der Waals surface area contributed by atoms with Crippen molar-refractivity contribution >= 4 is 11.6 Å².